The Morgan fingerprint density at radius 1 is 1.40 bits per heavy atom. The van der Waals surface area contributed by atoms with Crippen molar-refractivity contribution in [1.29, 1.82) is 0 Å². The summed E-state index contributed by atoms with van der Waals surface area (Å²) in [5.41, 5.74) is 7.20. The van der Waals surface area contributed by atoms with E-state index in [-0.39, 0.29) is 18.2 Å². The summed E-state index contributed by atoms with van der Waals surface area (Å²) in [6.07, 6.45) is 4.11. The molecule has 1 amide bonds. The number of pyridine rings is 1. The molecule has 1 fully saturated rings. The molecule has 2 atom stereocenters. The van der Waals surface area contributed by atoms with Crippen LogP contribution in [0.4, 0.5) is 10.6 Å². The minimum atomic E-state index is -0.527. The number of nitrogen functional groups attached to an aromatic ring is 1. The van der Waals surface area contributed by atoms with Crippen LogP contribution < -0.4 is 10.5 Å². The quantitative estimate of drug-likeness (QED) is 0.884. The van der Waals surface area contributed by atoms with Gasteiger partial charge in [0.05, 0.1) is 32.4 Å². The van der Waals surface area contributed by atoms with Gasteiger partial charge in [0, 0.05) is 17.8 Å². The fourth-order valence-corrected chi connectivity index (χ4v) is 3.26. The van der Waals surface area contributed by atoms with Crippen molar-refractivity contribution in [3.8, 4) is 5.75 Å². The Hall–Kier alpha value is -2.28. The molecule has 2 aliphatic heterocycles. The number of ether oxygens (including phenoxy) is 3. The molecule has 2 unspecified atom stereocenters. The van der Waals surface area contributed by atoms with E-state index in [1.54, 1.807) is 24.3 Å². The number of methoxy groups -OCH3 is 1. The molecular weight excluding hydrogens is 322 g/mol. The molecule has 7 nitrogen and oxygen atoms in total. The molecule has 3 rings (SSSR count). The van der Waals surface area contributed by atoms with Gasteiger partial charge in [0.25, 0.3) is 0 Å². The molecule has 2 N–H and O–H groups in total. The third kappa shape index (κ3) is 3.71. The van der Waals surface area contributed by atoms with Gasteiger partial charge in [0.2, 0.25) is 0 Å². The number of nitrogens with two attached hydrogens (primary N) is 1. The number of amides is 1. The lowest BCUT2D eigenvalue weighted by Crippen LogP contribution is -2.57. The molecule has 0 aromatic carbocycles. The summed E-state index contributed by atoms with van der Waals surface area (Å²) in [6.45, 7) is 6.54. The van der Waals surface area contributed by atoms with Crippen LogP contribution in [0.25, 0.3) is 5.57 Å². The summed E-state index contributed by atoms with van der Waals surface area (Å²) in [4.78, 5) is 18.6. The number of hydrogen-bond acceptors (Lipinski definition) is 6. The van der Waals surface area contributed by atoms with Crippen molar-refractivity contribution in [2.45, 2.75) is 44.9 Å². The summed E-state index contributed by atoms with van der Waals surface area (Å²) >= 11 is 0. The first-order valence-electron chi connectivity index (χ1n) is 8.38. The van der Waals surface area contributed by atoms with Gasteiger partial charge in [-0.3, -0.25) is 4.90 Å². The van der Waals surface area contributed by atoms with Gasteiger partial charge in [0.1, 0.15) is 17.2 Å². The number of carbonyl (C=O) groups is 1. The molecule has 136 valence electrons. The van der Waals surface area contributed by atoms with E-state index >= 15 is 0 Å². The first-order chi connectivity index (χ1) is 11.8. The average molecular weight is 347 g/mol. The number of hydrogen-bond donors (Lipinski definition) is 1. The largest absolute Gasteiger partial charge is 0.496 e. The molecule has 0 spiro atoms. The third-order valence-electron chi connectivity index (χ3n) is 4.26. The van der Waals surface area contributed by atoms with Gasteiger partial charge < -0.3 is 19.9 Å². The van der Waals surface area contributed by atoms with Gasteiger partial charge in [-0.25, -0.2) is 9.78 Å². The molecule has 1 aromatic rings. The smallest absolute Gasteiger partial charge is 0.411 e. The van der Waals surface area contributed by atoms with Crippen LogP contribution in [0, 0.1) is 0 Å². The second-order valence-electron chi connectivity index (χ2n) is 7.35. The lowest BCUT2D eigenvalue weighted by molar-refractivity contribution is -0.0510. The van der Waals surface area contributed by atoms with Gasteiger partial charge in [-0.15, -0.1) is 0 Å². The molecule has 2 bridgehead atoms. The monoisotopic (exact) mass is 347 g/mol. The number of carbonyl (C=O) groups excluding carboxylic acids is 1. The second kappa shape index (κ2) is 6.55. The molecule has 2 aliphatic rings. The highest BCUT2D eigenvalue weighted by Crippen LogP contribution is 2.37. The number of aromatic nitrogens is 1. The Morgan fingerprint density at radius 3 is 2.80 bits per heavy atom. The van der Waals surface area contributed by atoms with Crippen LogP contribution >= 0.6 is 0 Å². The average Bonchev–Trinajstić information content (AvgIpc) is 2.51. The van der Waals surface area contributed by atoms with E-state index in [0.29, 0.717) is 31.2 Å². The Bertz CT molecular complexity index is 696. The van der Waals surface area contributed by atoms with Crippen LogP contribution in [0.5, 0.6) is 5.75 Å². The second-order valence-corrected chi connectivity index (χ2v) is 7.35. The van der Waals surface area contributed by atoms with E-state index in [0.717, 1.165) is 11.1 Å². The molecular formula is C18H25N3O4. The molecule has 7 heteroatoms. The van der Waals surface area contributed by atoms with Crippen LogP contribution in [0.3, 0.4) is 0 Å². The zero-order valence-electron chi connectivity index (χ0n) is 15.1. The third-order valence-corrected chi connectivity index (χ3v) is 4.26. The minimum Gasteiger partial charge on any atom is -0.496 e. The predicted molar refractivity (Wildman–Crippen MR) is 94.3 cm³/mol. The van der Waals surface area contributed by atoms with E-state index in [4.69, 9.17) is 19.9 Å². The summed E-state index contributed by atoms with van der Waals surface area (Å²) in [5, 5.41) is 0. The Balaban J connectivity index is 1.90. The zero-order chi connectivity index (χ0) is 18.2. The highest BCUT2D eigenvalue weighted by atomic mass is 16.6. The van der Waals surface area contributed by atoms with Gasteiger partial charge in [-0.05, 0) is 32.8 Å². The highest BCUT2D eigenvalue weighted by Gasteiger charge is 2.40. The van der Waals surface area contributed by atoms with Crippen LogP contribution in [0.1, 0.15) is 32.8 Å². The van der Waals surface area contributed by atoms with Crippen molar-refractivity contribution in [3.63, 3.8) is 0 Å². The number of morpholine rings is 1. The number of rotatable bonds is 2. The van der Waals surface area contributed by atoms with Crippen molar-refractivity contribution < 1.29 is 19.0 Å². The first-order valence-corrected chi connectivity index (χ1v) is 8.38. The van der Waals surface area contributed by atoms with E-state index in [2.05, 4.69) is 4.98 Å². The highest BCUT2D eigenvalue weighted by molar-refractivity contribution is 5.77. The fraction of sp³-hybridized carbons (Fsp3) is 0.556. The molecule has 0 aliphatic carbocycles. The lowest BCUT2D eigenvalue weighted by Gasteiger charge is -2.44. The van der Waals surface area contributed by atoms with Crippen LogP contribution in [-0.2, 0) is 9.47 Å². The Kier molecular flexibility index (Phi) is 4.60. The summed E-state index contributed by atoms with van der Waals surface area (Å²) in [7, 11) is 1.61. The first kappa shape index (κ1) is 17.5. The Labute approximate surface area is 147 Å². The van der Waals surface area contributed by atoms with E-state index < -0.39 is 5.60 Å². The topological polar surface area (TPSA) is 86.9 Å². The minimum absolute atomic E-state index is 0.0733. The van der Waals surface area contributed by atoms with Crippen LogP contribution in [0.15, 0.2) is 18.3 Å². The van der Waals surface area contributed by atoms with Crippen molar-refractivity contribution in [2.75, 3.05) is 26.1 Å². The van der Waals surface area contributed by atoms with Crippen molar-refractivity contribution in [3.05, 3.63) is 23.9 Å². The summed E-state index contributed by atoms with van der Waals surface area (Å²) < 4.78 is 16.7. The van der Waals surface area contributed by atoms with Gasteiger partial charge in [0.15, 0.2) is 0 Å². The van der Waals surface area contributed by atoms with Gasteiger partial charge in [-0.2, -0.15) is 0 Å². The van der Waals surface area contributed by atoms with Crippen LogP contribution in [0.2, 0.25) is 0 Å². The maximum absolute atomic E-state index is 12.6. The maximum Gasteiger partial charge on any atom is 0.411 e. The van der Waals surface area contributed by atoms with Gasteiger partial charge >= 0.3 is 6.09 Å². The molecule has 1 saturated heterocycles. The SMILES string of the molecule is COc1cc(N)ncc1C1=CC2COCC(C1)N2C(=O)OC(C)(C)C. The van der Waals surface area contributed by atoms with Crippen LogP contribution in [-0.4, -0.2) is 54.0 Å². The van der Waals surface area contributed by atoms with Gasteiger partial charge in [-0.1, -0.05) is 6.08 Å². The maximum atomic E-state index is 12.6. The number of anilines is 1. The van der Waals surface area contributed by atoms with E-state index in [1.165, 1.54) is 0 Å². The summed E-state index contributed by atoms with van der Waals surface area (Å²) in [5.74, 6) is 1.10. The number of fused-ring (bicyclic) bond motifs is 2. The molecule has 0 saturated carbocycles. The summed E-state index contributed by atoms with van der Waals surface area (Å²) in [6, 6.07) is 1.47. The standard InChI is InChI=1S/C18H25N3O4/c1-18(2,3)25-17(22)21-12-5-11(6-13(21)10-24-9-12)14-8-20-16(19)7-15(14)23-4/h5,7-8,12-13H,6,9-10H2,1-4H3,(H2,19,20). The van der Waals surface area contributed by atoms with Crippen molar-refractivity contribution in [1.82, 2.24) is 9.88 Å². The predicted octanol–water partition coefficient (Wildman–Crippen LogP) is 2.46. The molecule has 3 heterocycles. The fourth-order valence-electron chi connectivity index (χ4n) is 3.26. The van der Waals surface area contributed by atoms with E-state index in [1.807, 2.05) is 26.8 Å². The molecule has 1 aromatic heterocycles. The lowest BCUT2D eigenvalue weighted by atomic mass is 9.90. The van der Waals surface area contributed by atoms with E-state index in [9.17, 15) is 4.79 Å². The Morgan fingerprint density at radius 2 is 2.16 bits per heavy atom. The molecule has 25 heavy (non-hydrogen) atoms. The van der Waals surface area contributed by atoms with Crippen molar-refractivity contribution in [2.24, 2.45) is 0 Å². The normalized spacial score (nSPS) is 23.0. The zero-order valence-corrected chi connectivity index (χ0v) is 15.1. The number of nitrogens with zero attached hydrogens (tertiary/aromatic N) is 2. The molecule has 0 radical (unpaired) electrons. The van der Waals surface area contributed by atoms with Crippen molar-refractivity contribution >= 4 is 17.5 Å².